The summed E-state index contributed by atoms with van der Waals surface area (Å²) in [6.45, 7) is 16.7. The van der Waals surface area contributed by atoms with Gasteiger partial charge in [-0.3, -0.25) is 43.5 Å². The molecule has 12 bridgehead atoms. The molecule has 3 aromatic carbocycles. The molecule has 27 heteroatoms. The zero-order valence-corrected chi connectivity index (χ0v) is 80.6. The zero-order valence-electron chi connectivity index (χ0n) is 80.6. The van der Waals surface area contributed by atoms with Gasteiger partial charge in [-0.15, -0.1) is 0 Å². The summed E-state index contributed by atoms with van der Waals surface area (Å²) in [5.41, 5.74) is 5.82. The molecule has 9 unspecified atom stereocenters. The average molecular weight is 1820 g/mol. The maximum atomic E-state index is 14.5. The van der Waals surface area contributed by atoms with E-state index in [-0.39, 0.29) is 90.4 Å². The Kier molecular flexibility index (Phi) is 32.7. The molecule has 6 saturated carbocycles. The minimum atomic E-state index is -0.941. The van der Waals surface area contributed by atoms with Gasteiger partial charge in [0.05, 0.1) is 52.4 Å². The Hall–Kier alpha value is -8.34. The molecule has 3 aromatic heterocycles. The van der Waals surface area contributed by atoms with E-state index in [1.165, 1.54) is 154 Å². The van der Waals surface area contributed by atoms with Gasteiger partial charge in [-0.2, -0.15) is 0 Å². The Bertz CT molecular complexity index is 5120. The van der Waals surface area contributed by atoms with E-state index in [0.29, 0.717) is 104 Å². The first kappa shape index (κ1) is 96.8. The number of aromatic nitrogens is 6. The van der Waals surface area contributed by atoms with Crippen LogP contribution in [0.2, 0.25) is 0 Å². The lowest BCUT2D eigenvalue weighted by Crippen LogP contribution is -2.59. The van der Waals surface area contributed by atoms with Gasteiger partial charge in [-0.1, -0.05) is 106 Å². The molecule has 132 heavy (non-hydrogen) atoms. The van der Waals surface area contributed by atoms with Gasteiger partial charge in [0.2, 0.25) is 0 Å². The third-order valence-electron chi connectivity index (χ3n) is 32.7. The summed E-state index contributed by atoms with van der Waals surface area (Å²) < 4.78 is 5.96. The number of aliphatic carboxylic acids is 3. The highest BCUT2D eigenvalue weighted by molar-refractivity contribution is 6.02. The third kappa shape index (κ3) is 23.3. The van der Waals surface area contributed by atoms with Crippen LogP contribution in [0.5, 0.6) is 0 Å². The van der Waals surface area contributed by atoms with Crippen molar-refractivity contribution >= 4 is 68.1 Å². The largest absolute Gasteiger partial charge is 0.481 e. The number of rotatable bonds is 33. The minimum Gasteiger partial charge on any atom is -0.481 e. The number of likely N-dealkylation sites (N-methyl/N-ethyl adjacent to an activating group) is 2. The fraction of sp³-hybridized carbons (Fsp3) is 0.714. The Balaban J connectivity index is 0.000000144. The molecule has 6 aliphatic heterocycles. The fourth-order valence-electron chi connectivity index (χ4n) is 27.9. The van der Waals surface area contributed by atoms with Gasteiger partial charge in [0.1, 0.15) is 37.0 Å². The summed E-state index contributed by atoms with van der Waals surface area (Å²) in [5.74, 6) is 5.07. The van der Waals surface area contributed by atoms with E-state index < -0.39 is 17.9 Å². The van der Waals surface area contributed by atoms with Crippen molar-refractivity contribution in [2.45, 2.75) is 345 Å². The fourth-order valence-corrected chi connectivity index (χ4v) is 27.9. The highest BCUT2D eigenvalue weighted by atomic mass is 16.6. The van der Waals surface area contributed by atoms with E-state index in [9.17, 15) is 44.1 Å². The molecule has 27 nitrogen and oxygen atoms in total. The van der Waals surface area contributed by atoms with Crippen molar-refractivity contribution < 1.29 is 44.2 Å². The molecular weight excluding hydrogens is 1660 g/mol. The SMILES string of the molecule is CC1C[C@@H]2CC(N3[C@@H]4CCC[C@H]3CC(n3c(=O)c(/C(CCC(=O)O)=N/OCCCN(C)C)nc5ccccc53)C4)C[C@H](C1)C2.CC1C[C@@H]2CC(N3[C@@H]4CCC[C@H]3CC(n3c(=O)c(/C(CCC(=O)O)=N/OCCN(C)C)nc5ccccc53)C4)C[C@H](C1)C2.CCN(CC)CCO/N=C(\CCC(=O)O)c1nc2ccccc2n(C2C[C@H]3CCC[C@@H](C2)N3C2C[C@H]3CC(C)C[C@@H](C2)C3)c1=O. The van der Waals surface area contributed by atoms with Gasteiger partial charge in [-0.25, -0.2) is 15.0 Å². The normalized spacial score (nSPS) is 30.9. The van der Waals surface area contributed by atoms with Crippen LogP contribution in [0.1, 0.15) is 307 Å². The number of para-hydroxylation sites is 6. The number of carbonyl (C=O) groups is 3. The highest BCUT2D eigenvalue weighted by Gasteiger charge is 2.51. The summed E-state index contributed by atoms with van der Waals surface area (Å²) in [5, 5.41) is 41.4. The maximum absolute atomic E-state index is 14.5. The van der Waals surface area contributed by atoms with Crippen LogP contribution in [-0.4, -0.2) is 244 Å². The summed E-state index contributed by atoms with van der Waals surface area (Å²) in [6, 6.07) is 28.8. The minimum absolute atomic E-state index is 0.0723. The van der Waals surface area contributed by atoms with Gasteiger partial charge in [0.15, 0.2) is 17.1 Å². The molecule has 3 N–H and O–H groups in total. The molecule has 12 aliphatic rings. The number of oxime groups is 3. The molecule has 0 spiro atoms. The van der Waals surface area contributed by atoms with Crippen molar-refractivity contribution in [2.24, 2.45) is 68.7 Å². The molecular formula is C105H153N15O12. The third-order valence-corrected chi connectivity index (χ3v) is 32.7. The lowest BCUT2D eigenvalue weighted by molar-refractivity contribution is -0.137. The zero-order chi connectivity index (χ0) is 92.4. The maximum Gasteiger partial charge on any atom is 0.303 e. The number of carboxylic acid groups (broad SMARTS) is 3. The lowest BCUT2D eigenvalue weighted by atomic mass is 9.65. The van der Waals surface area contributed by atoms with Gasteiger partial charge < -0.3 is 58.2 Å². The van der Waals surface area contributed by atoms with Gasteiger partial charge in [0.25, 0.3) is 16.7 Å². The van der Waals surface area contributed by atoms with Crippen molar-refractivity contribution in [1.29, 1.82) is 0 Å². The van der Waals surface area contributed by atoms with Crippen LogP contribution in [0.3, 0.4) is 0 Å². The smallest absolute Gasteiger partial charge is 0.303 e. The average Bonchev–Trinajstić information content (AvgIpc) is 0.750. The van der Waals surface area contributed by atoms with Crippen molar-refractivity contribution in [1.82, 2.24) is 58.1 Å². The molecule has 9 heterocycles. The predicted molar refractivity (Wildman–Crippen MR) is 519 cm³/mol. The van der Waals surface area contributed by atoms with E-state index in [1.807, 2.05) is 120 Å². The van der Waals surface area contributed by atoms with Crippen LogP contribution in [0.4, 0.5) is 0 Å². The Morgan fingerprint density at radius 2 is 0.621 bits per heavy atom. The quantitative estimate of drug-likeness (QED) is 0.0196. The number of piperidine rings is 6. The molecule has 18 rings (SSSR count). The molecule has 21 atom stereocenters. The van der Waals surface area contributed by atoms with Gasteiger partial charge >= 0.3 is 17.9 Å². The second-order valence-corrected chi connectivity index (χ2v) is 43.1. The number of benzene rings is 3. The van der Waals surface area contributed by atoms with Crippen molar-refractivity contribution in [3.05, 3.63) is 121 Å². The first-order valence-electron chi connectivity index (χ1n) is 51.5. The Labute approximate surface area is 781 Å². The van der Waals surface area contributed by atoms with Crippen LogP contribution in [-0.2, 0) is 28.9 Å². The van der Waals surface area contributed by atoms with Crippen LogP contribution < -0.4 is 16.7 Å². The molecule has 6 aliphatic carbocycles. The predicted octanol–water partition coefficient (Wildman–Crippen LogP) is 17.1. The van der Waals surface area contributed by atoms with Crippen molar-refractivity contribution in [2.75, 3.05) is 80.7 Å². The first-order valence-corrected chi connectivity index (χ1v) is 51.5. The van der Waals surface area contributed by atoms with Gasteiger partial charge in [0, 0.05) is 111 Å². The summed E-state index contributed by atoms with van der Waals surface area (Å²) in [7, 11) is 7.90. The van der Waals surface area contributed by atoms with E-state index in [0.717, 1.165) is 151 Å². The molecule has 0 radical (unpaired) electrons. The van der Waals surface area contributed by atoms with E-state index >= 15 is 0 Å². The number of nitrogens with zero attached hydrogens (tertiary/aromatic N) is 15. The molecule has 0 amide bonds. The van der Waals surface area contributed by atoms with Crippen molar-refractivity contribution in [3.63, 3.8) is 0 Å². The first-order chi connectivity index (χ1) is 63.9. The molecule has 12 fully saturated rings. The number of fused-ring (bicyclic) bond motifs is 15. The Morgan fingerprint density at radius 1 is 0.348 bits per heavy atom. The molecule has 720 valence electrons. The monoisotopic (exact) mass is 1820 g/mol. The number of hydrogen-bond acceptors (Lipinski definition) is 21. The number of hydrogen-bond donors (Lipinski definition) is 3. The van der Waals surface area contributed by atoms with Gasteiger partial charge in [-0.05, 0) is 311 Å². The van der Waals surface area contributed by atoms with E-state index in [2.05, 4.69) is 74.6 Å². The summed E-state index contributed by atoms with van der Waals surface area (Å²) >= 11 is 0. The second-order valence-electron chi connectivity index (χ2n) is 43.1. The van der Waals surface area contributed by atoms with E-state index in [1.54, 1.807) is 0 Å². The standard InChI is InChI=1S/C36H53N5O4.C35H51N5O4.C34H49N5O4/c1-4-39(5-2)15-16-45-38-32(13-14-34(42)43)35-36(44)41(33-12-7-6-11-31(33)37-35)30-22-27-9-8-10-28(23-30)40(27)29-20-25-17-24(3)18-26(19-25)21-29;1-23-16-24-18-25(17-23)20-28(19-24)39-26-8-6-9-27(39)22-29(21-26)40-32-11-5-4-10-30(32)36-34(35(40)43)31(12-13-33(41)42)37-44-15-7-14-38(2)3;1-22-15-23-17-24(16-22)19-27(18-23)38-25-7-6-8-26(38)21-28(20-25)39-31-10-5-4-9-29(31)35-33(34(39)42)30(11-12-32(40)41)36-43-14-13-37(2)3/h6-7,11-12,24-30H,4-5,8-10,13-23H2,1-3H3,(H,42,43);4-5,10-11,23-29H,6-9,12-22H2,1-3H3,(H,41,42);4-5,9-10,22-28H,6-8,11-21H2,1-3H3,(H,40,41)/b38-32+;37-31+;36-30+/t24?,25-,26+,27-,28+,29?,30?;23?,24-,25+,26-,27+,28?,29?;22?,23-,24+,25-,26+,27?,28?. The van der Waals surface area contributed by atoms with Crippen LogP contribution in [0.15, 0.2) is 103 Å². The highest BCUT2D eigenvalue weighted by Crippen LogP contribution is 2.53. The molecule has 6 aromatic rings. The van der Waals surface area contributed by atoms with Crippen LogP contribution in [0, 0.1) is 53.3 Å². The Morgan fingerprint density at radius 3 is 0.894 bits per heavy atom. The van der Waals surface area contributed by atoms with Crippen LogP contribution >= 0.6 is 0 Å². The summed E-state index contributed by atoms with van der Waals surface area (Å²) in [6.07, 6.45) is 38.1. The topological polar surface area (TPSA) is 301 Å². The number of carboxylic acids is 3. The lowest BCUT2D eigenvalue weighted by Gasteiger charge is -2.55. The molecule has 6 saturated heterocycles. The summed E-state index contributed by atoms with van der Waals surface area (Å²) in [4.78, 5) is 124. The van der Waals surface area contributed by atoms with Crippen LogP contribution in [0.25, 0.3) is 33.1 Å². The second kappa shape index (κ2) is 44.6. The van der Waals surface area contributed by atoms with E-state index in [4.69, 9.17) is 29.5 Å². The van der Waals surface area contributed by atoms with Crippen molar-refractivity contribution in [3.8, 4) is 0 Å².